The second kappa shape index (κ2) is 8.43. The minimum Gasteiger partial charge on any atom is -0.493 e. The van der Waals surface area contributed by atoms with Gasteiger partial charge in [-0.15, -0.1) is 0 Å². The van der Waals surface area contributed by atoms with E-state index in [9.17, 15) is 4.79 Å². The lowest BCUT2D eigenvalue weighted by Crippen LogP contribution is -2.22. The molecule has 4 aromatic rings. The first-order valence-corrected chi connectivity index (χ1v) is 9.66. The summed E-state index contributed by atoms with van der Waals surface area (Å²) >= 11 is 6.03. The Morgan fingerprint density at radius 1 is 0.900 bits per heavy atom. The van der Waals surface area contributed by atoms with Crippen molar-refractivity contribution in [3.8, 4) is 17.2 Å². The van der Waals surface area contributed by atoms with Crippen LogP contribution in [-0.2, 0) is 0 Å². The van der Waals surface area contributed by atoms with Crippen molar-refractivity contribution in [2.24, 2.45) is 0 Å². The molecular weight excluding hydrogens is 400 g/mol. The van der Waals surface area contributed by atoms with Crippen molar-refractivity contribution < 1.29 is 9.47 Å². The van der Waals surface area contributed by atoms with Gasteiger partial charge in [-0.25, -0.2) is 4.98 Å². The average molecular weight is 419 g/mol. The standard InChI is InChI=1S/C24H19ClN2O3/c1-29-21-13-7-16(15-22(21)30-2)8-14-23-26-20-6-4-3-5-19(20)24(28)27(23)18-11-9-17(25)10-12-18/h3-15H,1-2H3. The molecule has 1 heterocycles. The summed E-state index contributed by atoms with van der Waals surface area (Å²) in [6.45, 7) is 0. The maximum atomic E-state index is 13.2. The Kier molecular flexibility index (Phi) is 5.55. The molecule has 0 unspecified atom stereocenters. The third-order valence-electron chi connectivity index (χ3n) is 4.72. The highest BCUT2D eigenvalue weighted by Crippen LogP contribution is 2.28. The molecule has 0 N–H and O–H groups in total. The predicted molar refractivity (Wildman–Crippen MR) is 121 cm³/mol. The topological polar surface area (TPSA) is 53.3 Å². The second-order valence-electron chi connectivity index (χ2n) is 6.55. The number of aromatic nitrogens is 2. The molecule has 0 bridgehead atoms. The summed E-state index contributed by atoms with van der Waals surface area (Å²) < 4.78 is 12.2. The van der Waals surface area contributed by atoms with E-state index >= 15 is 0 Å². The predicted octanol–water partition coefficient (Wildman–Crippen LogP) is 5.23. The Labute approximate surface area is 178 Å². The lowest BCUT2D eigenvalue weighted by atomic mass is 10.1. The SMILES string of the molecule is COc1ccc(C=Cc2nc3ccccc3c(=O)n2-c2ccc(Cl)cc2)cc1OC. The fourth-order valence-electron chi connectivity index (χ4n) is 3.23. The van der Waals surface area contributed by atoms with Gasteiger partial charge in [0.1, 0.15) is 5.82 Å². The Morgan fingerprint density at radius 3 is 2.37 bits per heavy atom. The van der Waals surface area contributed by atoms with E-state index in [1.165, 1.54) is 0 Å². The molecule has 6 heteroatoms. The van der Waals surface area contributed by atoms with E-state index in [-0.39, 0.29) is 5.56 Å². The lowest BCUT2D eigenvalue weighted by molar-refractivity contribution is 0.355. The summed E-state index contributed by atoms with van der Waals surface area (Å²) in [7, 11) is 3.19. The van der Waals surface area contributed by atoms with Gasteiger partial charge in [0.05, 0.1) is 30.8 Å². The van der Waals surface area contributed by atoms with Crippen LogP contribution in [0.1, 0.15) is 11.4 Å². The molecule has 0 atom stereocenters. The van der Waals surface area contributed by atoms with Crippen molar-refractivity contribution in [1.82, 2.24) is 9.55 Å². The van der Waals surface area contributed by atoms with E-state index < -0.39 is 0 Å². The van der Waals surface area contributed by atoms with Crippen LogP contribution in [0, 0.1) is 0 Å². The van der Waals surface area contributed by atoms with Gasteiger partial charge in [0.25, 0.3) is 5.56 Å². The molecule has 0 saturated heterocycles. The number of methoxy groups -OCH3 is 2. The molecule has 0 radical (unpaired) electrons. The zero-order valence-corrected chi connectivity index (χ0v) is 17.3. The summed E-state index contributed by atoms with van der Waals surface area (Å²) in [5.74, 6) is 1.79. The number of fused-ring (bicyclic) bond motifs is 1. The van der Waals surface area contributed by atoms with Gasteiger partial charge in [-0.05, 0) is 60.2 Å². The maximum Gasteiger partial charge on any atom is 0.266 e. The summed E-state index contributed by atoms with van der Waals surface area (Å²) in [6, 6.07) is 20.0. The van der Waals surface area contributed by atoms with Gasteiger partial charge < -0.3 is 9.47 Å². The van der Waals surface area contributed by atoms with Crippen molar-refractivity contribution in [3.05, 3.63) is 93.5 Å². The first-order valence-electron chi connectivity index (χ1n) is 9.28. The fraction of sp³-hybridized carbons (Fsp3) is 0.0833. The first kappa shape index (κ1) is 19.7. The quantitative estimate of drug-likeness (QED) is 0.445. The number of hydrogen-bond acceptors (Lipinski definition) is 4. The Bertz CT molecular complexity index is 1290. The smallest absolute Gasteiger partial charge is 0.266 e. The fourth-order valence-corrected chi connectivity index (χ4v) is 3.35. The normalized spacial score (nSPS) is 11.2. The van der Waals surface area contributed by atoms with Crippen molar-refractivity contribution in [2.75, 3.05) is 14.2 Å². The molecule has 0 saturated carbocycles. The average Bonchev–Trinajstić information content (AvgIpc) is 2.78. The second-order valence-corrected chi connectivity index (χ2v) is 6.99. The summed E-state index contributed by atoms with van der Waals surface area (Å²) in [5, 5.41) is 1.15. The highest BCUT2D eigenvalue weighted by molar-refractivity contribution is 6.30. The van der Waals surface area contributed by atoms with Crippen LogP contribution >= 0.6 is 11.6 Å². The van der Waals surface area contributed by atoms with Crippen LogP contribution in [0.2, 0.25) is 5.02 Å². The van der Waals surface area contributed by atoms with E-state index in [1.54, 1.807) is 49.1 Å². The highest BCUT2D eigenvalue weighted by Gasteiger charge is 2.11. The molecule has 0 aliphatic carbocycles. The van der Waals surface area contributed by atoms with Crippen molar-refractivity contribution in [1.29, 1.82) is 0 Å². The highest BCUT2D eigenvalue weighted by atomic mass is 35.5. The number of nitrogens with zero attached hydrogens (tertiary/aromatic N) is 2. The molecule has 0 aliphatic rings. The molecule has 0 spiro atoms. The molecule has 5 nitrogen and oxygen atoms in total. The third-order valence-corrected chi connectivity index (χ3v) is 4.97. The number of ether oxygens (including phenoxy) is 2. The molecule has 4 rings (SSSR count). The van der Waals surface area contributed by atoms with Crippen LogP contribution in [0.25, 0.3) is 28.7 Å². The van der Waals surface area contributed by atoms with Crippen LogP contribution < -0.4 is 15.0 Å². The number of hydrogen-bond donors (Lipinski definition) is 0. The van der Waals surface area contributed by atoms with Crippen LogP contribution in [0.15, 0.2) is 71.5 Å². The van der Waals surface area contributed by atoms with E-state index in [2.05, 4.69) is 0 Å². The largest absolute Gasteiger partial charge is 0.493 e. The van der Waals surface area contributed by atoms with Crippen LogP contribution in [0.4, 0.5) is 0 Å². The molecule has 1 aromatic heterocycles. The van der Waals surface area contributed by atoms with Crippen LogP contribution in [0.5, 0.6) is 11.5 Å². The molecule has 3 aromatic carbocycles. The third kappa shape index (κ3) is 3.80. The number of halogens is 1. The molecular formula is C24H19ClN2O3. The Balaban J connectivity index is 1.87. The van der Waals surface area contributed by atoms with E-state index in [0.717, 1.165) is 5.56 Å². The van der Waals surface area contributed by atoms with E-state index in [0.29, 0.717) is 38.9 Å². The van der Waals surface area contributed by atoms with Gasteiger partial charge in [-0.1, -0.05) is 35.9 Å². The summed E-state index contributed by atoms with van der Waals surface area (Å²) in [5.41, 5.74) is 2.07. The zero-order valence-electron chi connectivity index (χ0n) is 16.5. The van der Waals surface area contributed by atoms with Crippen molar-refractivity contribution in [2.45, 2.75) is 0 Å². The Morgan fingerprint density at radius 2 is 1.63 bits per heavy atom. The van der Waals surface area contributed by atoms with Crippen molar-refractivity contribution in [3.63, 3.8) is 0 Å². The van der Waals surface area contributed by atoms with Gasteiger partial charge in [-0.2, -0.15) is 0 Å². The maximum absolute atomic E-state index is 13.2. The Hall–Kier alpha value is -3.57. The van der Waals surface area contributed by atoms with Crippen LogP contribution in [-0.4, -0.2) is 23.8 Å². The molecule has 0 amide bonds. The lowest BCUT2D eigenvalue weighted by Gasteiger charge is -2.12. The molecule has 0 fully saturated rings. The van der Waals surface area contributed by atoms with Gasteiger partial charge in [0.15, 0.2) is 11.5 Å². The molecule has 150 valence electrons. The van der Waals surface area contributed by atoms with Gasteiger partial charge in [0.2, 0.25) is 0 Å². The monoisotopic (exact) mass is 418 g/mol. The van der Waals surface area contributed by atoms with E-state index in [4.69, 9.17) is 26.1 Å². The molecule has 30 heavy (non-hydrogen) atoms. The van der Waals surface area contributed by atoms with Crippen molar-refractivity contribution >= 4 is 34.7 Å². The zero-order chi connectivity index (χ0) is 21.1. The number of para-hydroxylation sites is 1. The minimum atomic E-state index is -0.144. The first-order chi connectivity index (χ1) is 14.6. The van der Waals surface area contributed by atoms with Gasteiger partial charge in [0, 0.05) is 5.02 Å². The number of benzene rings is 3. The summed E-state index contributed by atoms with van der Waals surface area (Å²) in [6.07, 6.45) is 3.69. The van der Waals surface area contributed by atoms with Crippen LogP contribution in [0.3, 0.4) is 0 Å². The number of rotatable bonds is 5. The van der Waals surface area contributed by atoms with Gasteiger partial charge >= 0.3 is 0 Å². The van der Waals surface area contributed by atoms with Gasteiger partial charge in [-0.3, -0.25) is 9.36 Å². The summed E-state index contributed by atoms with van der Waals surface area (Å²) in [4.78, 5) is 18.0. The molecule has 0 aliphatic heterocycles. The van der Waals surface area contributed by atoms with E-state index in [1.807, 2.05) is 48.6 Å². The minimum absolute atomic E-state index is 0.144.